The number of hydrogen-bond donors (Lipinski definition) is 3. The topological polar surface area (TPSA) is 237 Å². The highest BCUT2D eigenvalue weighted by molar-refractivity contribution is 7.47. The van der Waals surface area contributed by atoms with Gasteiger partial charge in [-0.1, -0.05) is 369 Å². The van der Waals surface area contributed by atoms with E-state index in [9.17, 15) is 43.2 Å². The van der Waals surface area contributed by atoms with Crippen molar-refractivity contribution in [1.29, 1.82) is 0 Å². The fourth-order valence-electron chi connectivity index (χ4n) is 12.3. The van der Waals surface area contributed by atoms with Crippen molar-refractivity contribution in [2.75, 3.05) is 39.6 Å². The maximum absolute atomic E-state index is 13.1. The molecular formula is C80H156O17P2. The van der Waals surface area contributed by atoms with Crippen molar-refractivity contribution in [2.24, 2.45) is 11.8 Å². The first-order chi connectivity index (χ1) is 47.9. The number of aliphatic hydroxyl groups excluding tert-OH is 1. The zero-order valence-electron chi connectivity index (χ0n) is 64.8. The lowest BCUT2D eigenvalue weighted by atomic mass is 9.99. The van der Waals surface area contributed by atoms with Gasteiger partial charge in [0.15, 0.2) is 12.2 Å². The molecule has 3 N–H and O–H groups in total. The average molecular weight is 1450 g/mol. The Morgan fingerprint density at radius 3 is 0.768 bits per heavy atom. The van der Waals surface area contributed by atoms with E-state index in [-0.39, 0.29) is 25.7 Å². The van der Waals surface area contributed by atoms with E-state index in [2.05, 4.69) is 41.5 Å². The molecule has 6 atom stereocenters. The summed E-state index contributed by atoms with van der Waals surface area (Å²) in [7, 11) is -9.91. The first kappa shape index (κ1) is 97.1. The van der Waals surface area contributed by atoms with Crippen molar-refractivity contribution in [1.82, 2.24) is 0 Å². The molecule has 0 radical (unpaired) electrons. The number of unbranched alkanes of at least 4 members (excludes halogenated alkanes) is 48. The smallest absolute Gasteiger partial charge is 0.462 e. The standard InChI is InChI=1S/C80H156O17P2/c1-7-10-12-14-16-18-19-27-35-40-46-52-58-64-79(84)96-75(68-90-77(82)62-56-50-44-17-15-13-11-8-2)70-94-98(86,87)92-66-74(81)67-93-99(88,89)95-71-76(69-91-78(83)63-57-51-45-39-34-31-26-28-32-37-42-48-54-60-72(4)5)97-80(85)65-59-53-47-41-36-30-25-23-21-20-22-24-29-33-38-43-49-55-61-73(6)9-3/h72-76,81H,7-71H2,1-6H3,(H,86,87)(H,88,89)/t73?,74-,75+,76+/m0/s1. The Bertz CT molecular complexity index is 1910. The van der Waals surface area contributed by atoms with Crippen LogP contribution in [0, 0.1) is 11.8 Å². The van der Waals surface area contributed by atoms with Crippen molar-refractivity contribution in [3.05, 3.63) is 0 Å². The molecular weight excluding hydrogens is 1290 g/mol. The number of ether oxygens (including phenoxy) is 4. The summed E-state index contributed by atoms with van der Waals surface area (Å²) >= 11 is 0. The molecule has 99 heavy (non-hydrogen) atoms. The van der Waals surface area contributed by atoms with Gasteiger partial charge >= 0.3 is 39.5 Å². The summed E-state index contributed by atoms with van der Waals surface area (Å²) < 4.78 is 68.6. The molecule has 3 unspecified atom stereocenters. The van der Waals surface area contributed by atoms with Gasteiger partial charge in [-0.25, -0.2) is 9.13 Å². The van der Waals surface area contributed by atoms with Crippen LogP contribution in [0.4, 0.5) is 0 Å². The second-order valence-corrected chi connectivity index (χ2v) is 32.4. The molecule has 0 fully saturated rings. The quantitative estimate of drug-likeness (QED) is 0.0222. The number of esters is 4. The number of phosphoric ester groups is 2. The van der Waals surface area contributed by atoms with Crippen molar-refractivity contribution in [3.63, 3.8) is 0 Å². The van der Waals surface area contributed by atoms with Crippen LogP contribution >= 0.6 is 15.6 Å². The number of aliphatic hydroxyl groups is 1. The van der Waals surface area contributed by atoms with Crippen LogP contribution in [-0.2, 0) is 65.4 Å². The molecule has 0 aromatic carbocycles. The third-order valence-electron chi connectivity index (χ3n) is 19.1. The van der Waals surface area contributed by atoms with Gasteiger partial charge in [0, 0.05) is 25.7 Å². The van der Waals surface area contributed by atoms with Crippen LogP contribution in [0.25, 0.3) is 0 Å². The van der Waals surface area contributed by atoms with E-state index in [1.807, 2.05) is 0 Å². The third-order valence-corrected chi connectivity index (χ3v) is 21.0. The minimum Gasteiger partial charge on any atom is -0.462 e. The molecule has 0 aromatic rings. The van der Waals surface area contributed by atoms with Gasteiger partial charge in [-0.3, -0.25) is 37.3 Å². The number of hydrogen-bond acceptors (Lipinski definition) is 15. The number of carbonyl (C=O) groups is 4. The Labute approximate surface area is 607 Å². The molecule has 0 aliphatic heterocycles. The van der Waals surface area contributed by atoms with Gasteiger partial charge in [-0.05, 0) is 37.5 Å². The van der Waals surface area contributed by atoms with E-state index in [0.717, 1.165) is 108 Å². The molecule has 0 heterocycles. The molecule has 0 amide bonds. The van der Waals surface area contributed by atoms with Crippen LogP contribution in [0.3, 0.4) is 0 Å². The SMILES string of the molecule is CCCCCCCCCCCCCCCC(=O)O[C@H](COC(=O)CCCCCCCCCC)COP(=O)(O)OC[C@H](O)COP(=O)(O)OC[C@@H](COC(=O)CCCCCCCCCCCCCCCC(C)C)OC(=O)CCCCCCCCCCCCCCCCCCCCC(C)CC. The predicted octanol–water partition coefficient (Wildman–Crippen LogP) is 23.9. The lowest BCUT2D eigenvalue weighted by Gasteiger charge is -2.21. The Balaban J connectivity index is 5.18. The van der Waals surface area contributed by atoms with Gasteiger partial charge < -0.3 is 33.8 Å². The van der Waals surface area contributed by atoms with Crippen LogP contribution in [-0.4, -0.2) is 96.7 Å². The minimum absolute atomic E-state index is 0.108. The van der Waals surface area contributed by atoms with Crippen molar-refractivity contribution >= 4 is 39.5 Å². The van der Waals surface area contributed by atoms with E-state index in [1.54, 1.807) is 0 Å². The zero-order chi connectivity index (χ0) is 72.8. The first-order valence-corrected chi connectivity index (χ1v) is 44.5. The van der Waals surface area contributed by atoms with Crippen molar-refractivity contribution in [3.8, 4) is 0 Å². The van der Waals surface area contributed by atoms with Crippen LogP contribution in [0.2, 0.25) is 0 Å². The maximum Gasteiger partial charge on any atom is 0.472 e. The summed E-state index contributed by atoms with van der Waals surface area (Å²) in [6.07, 6.45) is 61.1. The molecule has 0 rings (SSSR count). The Morgan fingerprint density at radius 2 is 0.515 bits per heavy atom. The number of phosphoric acid groups is 2. The van der Waals surface area contributed by atoms with E-state index in [1.165, 1.54) is 231 Å². The summed E-state index contributed by atoms with van der Waals surface area (Å²) in [6, 6.07) is 0. The van der Waals surface area contributed by atoms with Crippen molar-refractivity contribution < 1.29 is 80.2 Å². The molecule has 588 valence electrons. The number of rotatable bonds is 79. The summed E-state index contributed by atoms with van der Waals surface area (Å²) in [5.41, 5.74) is 0. The van der Waals surface area contributed by atoms with Crippen LogP contribution in [0.1, 0.15) is 420 Å². The second kappa shape index (κ2) is 71.7. The lowest BCUT2D eigenvalue weighted by molar-refractivity contribution is -0.161. The zero-order valence-corrected chi connectivity index (χ0v) is 66.6. The van der Waals surface area contributed by atoms with Gasteiger partial charge in [0.2, 0.25) is 0 Å². The first-order valence-electron chi connectivity index (χ1n) is 41.5. The second-order valence-electron chi connectivity index (χ2n) is 29.5. The molecule has 0 saturated carbocycles. The third kappa shape index (κ3) is 72.8. The van der Waals surface area contributed by atoms with E-state index in [4.69, 9.17) is 37.0 Å². The molecule has 0 aliphatic carbocycles. The average Bonchev–Trinajstić information content (AvgIpc) is 1.08. The lowest BCUT2D eigenvalue weighted by Crippen LogP contribution is -2.30. The van der Waals surface area contributed by atoms with Crippen LogP contribution in [0.15, 0.2) is 0 Å². The van der Waals surface area contributed by atoms with E-state index < -0.39 is 97.5 Å². The maximum atomic E-state index is 13.1. The van der Waals surface area contributed by atoms with Gasteiger partial charge in [0.05, 0.1) is 26.4 Å². The fourth-order valence-corrected chi connectivity index (χ4v) is 13.9. The molecule has 0 spiro atoms. The molecule has 19 heteroatoms. The normalized spacial score (nSPS) is 14.2. The van der Waals surface area contributed by atoms with Gasteiger partial charge in [0.1, 0.15) is 19.3 Å². The Kier molecular flexibility index (Phi) is 70.3. The van der Waals surface area contributed by atoms with E-state index in [0.29, 0.717) is 25.7 Å². The summed E-state index contributed by atoms with van der Waals surface area (Å²) in [5.74, 6) is -0.450. The van der Waals surface area contributed by atoms with E-state index >= 15 is 0 Å². The van der Waals surface area contributed by atoms with Crippen molar-refractivity contribution in [2.45, 2.75) is 439 Å². The van der Waals surface area contributed by atoms with Crippen LogP contribution < -0.4 is 0 Å². The highest BCUT2D eigenvalue weighted by Crippen LogP contribution is 2.45. The van der Waals surface area contributed by atoms with Gasteiger partial charge in [-0.15, -0.1) is 0 Å². The predicted molar refractivity (Wildman–Crippen MR) is 405 cm³/mol. The fraction of sp³-hybridized carbons (Fsp3) is 0.950. The van der Waals surface area contributed by atoms with Gasteiger partial charge in [0.25, 0.3) is 0 Å². The molecule has 0 aromatic heterocycles. The highest BCUT2D eigenvalue weighted by Gasteiger charge is 2.30. The molecule has 0 aliphatic rings. The highest BCUT2D eigenvalue weighted by atomic mass is 31.2. The largest absolute Gasteiger partial charge is 0.472 e. The molecule has 17 nitrogen and oxygen atoms in total. The Hall–Kier alpha value is -1.94. The minimum atomic E-state index is -4.96. The molecule has 0 bridgehead atoms. The summed E-state index contributed by atoms with van der Waals surface area (Å²) in [4.78, 5) is 72.9. The monoisotopic (exact) mass is 1450 g/mol. The van der Waals surface area contributed by atoms with Gasteiger partial charge in [-0.2, -0.15) is 0 Å². The van der Waals surface area contributed by atoms with Crippen LogP contribution in [0.5, 0.6) is 0 Å². The Morgan fingerprint density at radius 1 is 0.293 bits per heavy atom. The molecule has 0 saturated heterocycles. The summed E-state index contributed by atoms with van der Waals surface area (Å²) in [6.45, 7) is 9.69. The summed E-state index contributed by atoms with van der Waals surface area (Å²) in [5, 5.41) is 10.6. The number of carbonyl (C=O) groups excluding carboxylic acids is 4.